The molecule has 0 bridgehead atoms. The van der Waals surface area contributed by atoms with Gasteiger partial charge in [-0.2, -0.15) is 16.7 Å². The van der Waals surface area contributed by atoms with Crippen molar-refractivity contribution in [2.24, 2.45) is 0 Å². The van der Waals surface area contributed by atoms with Crippen molar-refractivity contribution in [1.29, 1.82) is 0 Å². The van der Waals surface area contributed by atoms with E-state index in [9.17, 15) is 19.4 Å². The fraction of sp³-hybridized carbons (Fsp3) is 0.794. The van der Waals surface area contributed by atoms with Crippen LogP contribution in [-0.4, -0.2) is 52.1 Å². The summed E-state index contributed by atoms with van der Waals surface area (Å²) in [5.41, 5.74) is 3.12. The summed E-state index contributed by atoms with van der Waals surface area (Å²) in [4.78, 5) is 21.3. The molecule has 42 heavy (non-hydrogen) atoms. The number of carbonyl (C=O) groups is 1. The third kappa shape index (κ3) is 15.1. The number of ether oxygens (including phenoxy) is 2. The van der Waals surface area contributed by atoms with Crippen molar-refractivity contribution in [2.75, 3.05) is 24.7 Å². The maximum atomic E-state index is 11.8. The molecule has 0 spiro atoms. The molecule has 6 nitrogen and oxygen atoms in total. The van der Waals surface area contributed by atoms with Crippen LogP contribution in [0.5, 0.6) is 0 Å². The van der Waals surface area contributed by atoms with E-state index in [2.05, 4.69) is 63.7 Å². The normalized spacial score (nSPS) is 15.3. The molecule has 8 heteroatoms. The number of rotatable bonds is 25. The first-order chi connectivity index (χ1) is 20.0. The van der Waals surface area contributed by atoms with Gasteiger partial charge < -0.3 is 14.6 Å². The summed E-state index contributed by atoms with van der Waals surface area (Å²) in [6.45, 7) is 12.5. The number of carboxylic acids is 1. The lowest BCUT2D eigenvalue weighted by Crippen LogP contribution is -2.44. The molecule has 0 saturated carbocycles. The van der Waals surface area contributed by atoms with Crippen molar-refractivity contribution in [3.63, 3.8) is 0 Å². The maximum Gasteiger partial charge on any atom is 0.556 e. The second-order valence-corrected chi connectivity index (χ2v) is 15.2. The molecule has 4 unspecified atom stereocenters. The van der Waals surface area contributed by atoms with Gasteiger partial charge in [-0.05, 0) is 77.6 Å². The molecule has 1 rings (SSSR count). The van der Waals surface area contributed by atoms with Gasteiger partial charge in [-0.1, -0.05) is 110 Å². The molecule has 0 saturated heterocycles. The zero-order chi connectivity index (χ0) is 31.4. The van der Waals surface area contributed by atoms with E-state index in [4.69, 9.17) is 9.47 Å². The van der Waals surface area contributed by atoms with E-state index >= 15 is 0 Å². The summed E-state index contributed by atoms with van der Waals surface area (Å²) in [5, 5.41) is 7.30. The molecule has 0 amide bonds. The molecular formula is C34H60O6PS+. The van der Waals surface area contributed by atoms with Crippen LogP contribution in [0.1, 0.15) is 142 Å². The van der Waals surface area contributed by atoms with E-state index in [0.717, 1.165) is 19.3 Å². The number of aliphatic carboxylic acids is 1. The predicted octanol–water partition coefficient (Wildman–Crippen LogP) is 9.85. The van der Waals surface area contributed by atoms with Crippen LogP contribution in [0.15, 0.2) is 24.3 Å². The Labute approximate surface area is 262 Å². The van der Waals surface area contributed by atoms with Crippen LogP contribution in [0, 0.1) is 0 Å². The first-order valence-electron chi connectivity index (χ1n) is 16.3. The average molecular weight is 628 g/mol. The standard InChI is InChI=1S/C34H59O6PS/c1-7-9-14-18-29(30-19-21-31(22-20-30)33(4,5)6)23-26-42-25-16-13-11-10-12-15-17-28(3)39-27-34(32(35)36,41(37)38)40-24-8-2/h19-22,28-29H,7-18,23-27H2,1-6H3,(H-,35,36,37,38)/p+1. The topological polar surface area (TPSA) is 93.1 Å². The minimum absolute atomic E-state index is 0.0932. The molecule has 4 atom stereocenters. The molecule has 0 radical (unpaired) electrons. The van der Waals surface area contributed by atoms with Gasteiger partial charge >= 0.3 is 19.3 Å². The fourth-order valence-electron chi connectivity index (χ4n) is 5.01. The summed E-state index contributed by atoms with van der Waals surface area (Å²) < 4.78 is 22.7. The quantitative estimate of drug-likeness (QED) is 0.0823. The van der Waals surface area contributed by atoms with E-state index in [-0.39, 0.29) is 18.1 Å². The molecule has 1 aromatic carbocycles. The highest BCUT2D eigenvalue weighted by atomic mass is 32.2. The van der Waals surface area contributed by atoms with Crippen LogP contribution < -0.4 is 0 Å². The molecule has 0 aliphatic heterocycles. The van der Waals surface area contributed by atoms with Gasteiger partial charge in [-0.15, -0.1) is 0 Å². The Kier molecular flexibility index (Phi) is 20.2. The van der Waals surface area contributed by atoms with E-state index in [1.165, 1.54) is 80.4 Å². The minimum Gasteiger partial charge on any atom is -0.476 e. The zero-order valence-electron chi connectivity index (χ0n) is 27.4. The van der Waals surface area contributed by atoms with Crippen LogP contribution >= 0.6 is 19.8 Å². The van der Waals surface area contributed by atoms with Crippen molar-refractivity contribution in [2.45, 2.75) is 148 Å². The number of carboxylic acid groups (broad SMARTS) is 1. The van der Waals surface area contributed by atoms with Crippen LogP contribution in [0.25, 0.3) is 0 Å². The van der Waals surface area contributed by atoms with Gasteiger partial charge in [0.15, 0.2) is 0 Å². The predicted molar refractivity (Wildman–Crippen MR) is 178 cm³/mol. The monoisotopic (exact) mass is 627 g/mol. The van der Waals surface area contributed by atoms with E-state index in [0.29, 0.717) is 12.3 Å². The summed E-state index contributed by atoms with van der Waals surface area (Å²) >= 11 is 2.10. The van der Waals surface area contributed by atoms with E-state index in [1.54, 1.807) is 0 Å². The lowest BCUT2D eigenvalue weighted by atomic mass is 9.84. The van der Waals surface area contributed by atoms with Crippen molar-refractivity contribution in [3.05, 3.63) is 35.4 Å². The van der Waals surface area contributed by atoms with Crippen molar-refractivity contribution in [1.82, 2.24) is 0 Å². The van der Waals surface area contributed by atoms with Gasteiger partial charge in [-0.25, -0.2) is 4.79 Å². The second kappa shape index (κ2) is 21.7. The van der Waals surface area contributed by atoms with Gasteiger partial charge in [0.05, 0.1) is 12.7 Å². The smallest absolute Gasteiger partial charge is 0.476 e. The lowest BCUT2D eigenvalue weighted by Gasteiger charge is -2.22. The van der Waals surface area contributed by atoms with Gasteiger partial charge in [0, 0.05) is 0 Å². The summed E-state index contributed by atoms with van der Waals surface area (Å²) in [6, 6.07) is 9.41. The Bertz CT molecular complexity index is 856. The van der Waals surface area contributed by atoms with Crippen molar-refractivity contribution in [3.8, 4) is 0 Å². The number of unbranched alkanes of at least 4 members (excludes halogenated alkanes) is 7. The average Bonchev–Trinajstić information content (AvgIpc) is 2.94. The SMILES string of the molecule is CCCCCC(CCSCCCCCCCCC(C)OCC(OCCC)(C(=O)O)[P+](=O)O)c1ccc(C(C)(C)C)cc1. The highest BCUT2D eigenvalue weighted by molar-refractivity contribution is 7.99. The minimum atomic E-state index is -3.08. The van der Waals surface area contributed by atoms with Gasteiger partial charge in [0.25, 0.3) is 0 Å². The van der Waals surface area contributed by atoms with Gasteiger partial charge in [-0.3, -0.25) is 0 Å². The van der Waals surface area contributed by atoms with Crippen LogP contribution in [0.2, 0.25) is 0 Å². The van der Waals surface area contributed by atoms with Gasteiger partial charge in [0.2, 0.25) is 0 Å². The Morgan fingerprint density at radius 3 is 2.07 bits per heavy atom. The fourth-order valence-corrected chi connectivity index (χ4v) is 6.63. The van der Waals surface area contributed by atoms with Crippen LogP contribution in [0.3, 0.4) is 0 Å². The third-order valence-electron chi connectivity index (χ3n) is 7.92. The molecule has 0 fully saturated rings. The Balaban J connectivity index is 2.24. The first kappa shape index (κ1) is 39.0. The number of thioether (sulfide) groups is 1. The highest BCUT2D eigenvalue weighted by Gasteiger charge is 2.59. The lowest BCUT2D eigenvalue weighted by molar-refractivity contribution is -0.163. The van der Waals surface area contributed by atoms with E-state index < -0.39 is 25.9 Å². The number of benzene rings is 1. The molecule has 0 aromatic heterocycles. The Morgan fingerprint density at radius 1 is 0.881 bits per heavy atom. The van der Waals surface area contributed by atoms with Gasteiger partial charge in [0.1, 0.15) is 6.61 Å². The maximum absolute atomic E-state index is 11.8. The zero-order valence-corrected chi connectivity index (χ0v) is 29.1. The molecular weight excluding hydrogens is 567 g/mol. The first-order valence-corrected chi connectivity index (χ1v) is 18.7. The molecule has 242 valence electrons. The Morgan fingerprint density at radius 2 is 1.50 bits per heavy atom. The van der Waals surface area contributed by atoms with E-state index in [1.807, 2.05) is 13.8 Å². The van der Waals surface area contributed by atoms with Crippen LogP contribution in [0.4, 0.5) is 0 Å². The number of hydrogen-bond donors (Lipinski definition) is 2. The highest BCUT2D eigenvalue weighted by Crippen LogP contribution is 2.38. The summed E-state index contributed by atoms with van der Waals surface area (Å²) in [7, 11) is -3.08. The molecule has 0 aliphatic carbocycles. The molecule has 2 N–H and O–H groups in total. The molecule has 0 heterocycles. The second-order valence-electron chi connectivity index (χ2n) is 12.7. The van der Waals surface area contributed by atoms with Crippen LogP contribution in [-0.2, 0) is 24.2 Å². The summed E-state index contributed by atoms with van der Waals surface area (Å²) in [5.74, 6) is 1.67. The number of hydrogen-bond acceptors (Lipinski definition) is 5. The summed E-state index contributed by atoms with van der Waals surface area (Å²) in [6.07, 6.45) is 14.7. The largest absolute Gasteiger partial charge is 0.556 e. The van der Waals surface area contributed by atoms with Crippen molar-refractivity contribution >= 4 is 25.8 Å². The Hall–Kier alpha value is -0.980. The molecule has 0 aliphatic rings. The third-order valence-corrected chi connectivity index (χ3v) is 10.1. The molecule has 1 aromatic rings. The van der Waals surface area contributed by atoms with Crippen molar-refractivity contribution < 1.29 is 28.8 Å².